The van der Waals surface area contributed by atoms with Gasteiger partial charge in [0, 0.05) is 10.1 Å². The van der Waals surface area contributed by atoms with Crippen LogP contribution in [0.3, 0.4) is 0 Å². The number of ether oxygens (including phenoxy) is 1. The molecule has 4 heteroatoms. The molecule has 1 heterocycles. The van der Waals surface area contributed by atoms with E-state index in [1.165, 1.54) is 37.9 Å². The van der Waals surface area contributed by atoms with Gasteiger partial charge >= 0.3 is 5.97 Å². The first-order valence-corrected chi connectivity index (χ1v) is 7.97. The molecular formula is C15H20INO2. The summed E-state index contributed by atoms with van der Waals surface area (Å²) in [6.07, 6.45) is 3.92. The molecule has 3 nitrogen and oxygen atoms in total. The largest absolute Gasteiger partial charge is 0.462 e. The zero-order chi connectivity index (χ0) is 13.7. The van der Waals surface area contributed by atoms with Crippen molar-refractivity contribution in [3.05, 3.63) is 32.9 Å². The summed E-state index contributed by atoms with van der Waals surface area (Å²) in [5.74, 6) is -0.215. The molecule has 1 aromatic carbocycles. The summed E-state index contributed by atoms with van der Waals surface area (Å²) in [5, 5.41) is 0. The van der Waals surface area contributed by atoms with Crippen LogP contribution < -0.4 is 0 Å². The zero-order valence-corrected chi connectivity index (χ0v) is 13.5. The minimum atomic E-state index is -0.215. The molecule has 0 aromatic heterocycles. The number of halogens is 1. The van der Waals surface area contributed by atoms with E-state index in [4.69, 9.17) is 4.74 Å². The number of nitrogens with zero attached hydrogens (tertiary/aromatic N) is 1. The Morgan fingerprint density at radius 1 is 1.32 bits per heavy atom. The molecule has 0 saturated carbocycles. The number of benzene rings is 1. The lowest BCUT2D eigenvalue weighted by molar-refractivity contribution is 0.0525. The van der Waals surface area contributed by atoms with Gasteiger partial charge in [-0.1, -0.05) is 18.6 Å². The fraction of sp³-hybridized carbons (Fsp3) is 0.533. The smallest absolute Gasteiger partial charge is 0.339 e. The van der Waals surface area contributed by atoms with Crippen molar-refractivity contribution in [2.24, 2.45) is 0 Å². The maximum Gasteiger partial charge on any atom is 0.339 e. The molecule has 0 atom stereocenters. The molecule has 104 valence electrons. The minimum Gasteiger partial charge on any atom is -0.462 e. The number of piperidine rings is 1. The van der Waals surface area contributed by atoms with Gasteiger partial charge in [0.2, 0.25) is 0 Å². The Hall–Kier alpha value is -0.620. The highest BCUT2D eigenvalue weighted by Gasteiger charge is 2.16. The van der Waals surface area contributed by atoms with Crippen LogP contribution in [0.25, 0.3) is 0 Å². The Balaban J connectivity index is 2.12. The number of esters is 1. The van der Waals surface area contributed by atoms with Gasteiger partial charge in [-0.15, -0.1) is 0 Å². The molecule has 0 unspecified atom stereocenters. The van der Waals surface area contributed by atoms with Crippen molar-refractivity contribution >= 4 is 28.6 Å². The maximum atomic E-state index is 11.9. The van der Waals surface area contributed by atoms with Gasteiger partial charge in [0.25, 0.3) is 0 Å². The second kappa shape index (κ2) is 7.24. The van der Waals surface area contributed by atoms with Crippen LogP contribution in [-0.4, -0.2) is 30.6 Å². The molecule has 1 aliphatic heterocycles. The van der Waals surface area contributed by atoms with Crippen LogP contribution in [0, 0.1) is 3.57 Å². The van der Waals surface area contributed by atoms with E-state index in [1.54, 1.807) is 0 Å². The molecule has 0 radical (unpaired) electrons. The van der Waals surface area contributed by atoms with Crippen molar-refractivity contribution in [1.29, 1.82) is 0 Å². The lowest BCUT2D eigenvalue weighted by atomic mass is 10.1. The molecule has 1 fully saturated rings. The zero-order valence-electron chi connectivity index (χ0n) is 11.3. The second-order valence-electron chi connectivity index (χ2n) is 4.84. The van der Waals surface area contributed by atoms with Gasteiger partial charge in [0.1, 0.15) is 0 Å². The van der Waals surface area contributed by atoms with Gasteiger partial charge in [-0.2, -0.15) is 0 Å². The van der Waals surface area contributed by atoms with E-state index >= 15 is 0 Å². The predicted molar refractivity (Wildman–Crippen MR) is 84.2 cm³/mol. The van der Waals surface area contributed by atoms with Crippen molar-refractivity contribution in [3.63, 3.8) is 0 Å². The van der Waals surface area contributed by atoms with Crippen molar-refractivity contribution in [3.8, 4) is 0 Å². The summed E-state index contributed by atoms with van der Waals surface area (Å²) >= 11 is 2.26. The summed E-state index contributed by atoms with van der Waals surface area (Å²) in [6.45, 7) is 5.53. The predicted octanol–water partition coefficient (Wildman–Crippen LogP) is 3.45. The van der Waals surface area contributed by atoms with Crippen LogP contribution in [0.2, 0.25) is 0 Å². The third-order valence-corrected chi connectivity index (χ3v) is 4.69. The van der Waals surface area contributed by atoms with E-state index in [9.17, 15) is 4.79 Å². The molecule has 0 N–H and O–H groups in total. The van der Waals surface area contributed by atoms with Crippen LogP contribution in [0.1, 0.15) is 42.1 Å². The number of carbonyl (C=O) groups is 1. The van der Waals surface area contributed by atoms with E-state index in [1.807, 2.05) is 19.1 Å². The summed E-state index contributed by atoms with van der Waals surface area (Å²) < 4.78 is 6.13. The Morgan fingerprint density at radius 2 is 2.05 bits per heavy atom. The molecule has 2 rings (SSSR count). The fourth-order valence-electron chi connectivity index (χ4n) is 2.43. The normalized spacial score (nSPS) is 16.3. The fourth-order valence-corrected chi connectivity index (χ4v) is 3.18. The molecule has 0 amide bonds. The van der Waals surface area contributed by atoms with Crippen molar-refractivity contribution < 1.29 is 9.53 Å². The number of hydrogen-bond acceptors (Lipinski definition) is 3. The highest BCUT2D eigenvalue weighted by Crippen LogP contribution is 2.21. The number of rotatable bonds is 4. The van der Waals surface area contributed by atoms with E-state index < -0.39 is 0 Å². The Morgan fingerprint density at radius 3 is 2.74 bits per heavy atom. The van der Waals surface area contributed by atoms with E-state index in [0.717, 1.165) is 10.1 Å². The van der Waals surface area contributed by atoms with Crippen LogP contribution in [0.5, 0.6) is 0 Å². The van der Waals surface area contributed by atoms with Crippen LogP contribution in [0.15, 0.2) is 18.2 Å². The molecule has 1 saturated heterocycles. The van der Waals surface area contributed by atoms with Crippen LogP contribution in [0.4, 0.5) is 0 Å². The first-order valence-electron chi connectivity index (χ1n) is 6.89. The monoisotopic (exact) mass is 373 g/mol. The third-order valence-electron chi connectivity index (χ3n) is 3.42. The van der Waals surface area contributed by atoms with E-state index in [0.29, 0.717) is 12.2 Å². The molecule has 0 aliphatic carbocycles. The first-order chi connectivity index (χ1) is 9.22. The van der Waals surface area contributed by atoms with Gasteiger partial charge in [0.05, 0.1) is 12.2 Å². The highest BCUT2D eigenvalue weighted by molar-refractivity contribution is 14.1. The Bertz CT molecular complexity index is 442. The highest BCUT2D eigenvalue weighted by atomic mass is 127. The Kier molecular flexibility index (Phi) is 5.63. The molecule has 0 bridgehead atoms. The SMILES string of the molecule is CCOC(=O)c1cccc(CN2CCCCC2)c1I. The third kappa shape index (κ3) is 3.92. The summed E-state index contributed by atoms with van der Waals surface area (Å²) in [5.41, 5.74) is 1.92. The minimum absolute atomic E-state index is 0.215. The van der Waals surface area contributed by atoms with Gasteiger partial charge in [-0.05, 0) is 67.1 Å². The van der Waals surface area contributed by atoms with Crippen molar-refractivity contribution in [1.82, 2.24) is 4.90 Å². The standard InChI is InChI=1S/C15H20INO2/c1-2-19-15(18)13-8-6-7-12(14(13)16)11-17-9-4-3-5-10-17/h6-8H,2-5,9-11H2,1H3. The molecule has 19 heavy (non-hydrogen) atoms. The molecule has 0 spiro atoms. The van der Waals surface area contributed by atoms with Crippen LogP contribution in [-0.2, 0) is 11.3 Å². The lowest BCUT2D eigenvalue weighted by Gasteiger charge is -2.27. The van der Waals surface area contributed by atoms with E-state index in [2.05, 4.69) is 33.6 Å². The van der Waals surface area contributed by atoms with Gasteiger partial charge in [-0.3, -0.25) is 4.90 Å². The maximum absolute atomic E-state index is 11.9. The second-order valence-corrected chi connectivity index (χ2v) is 5.91. The van der Waals surface area contributed by atoms with Crippen LogP contribution >= 0.6 is 22.6 Å². The number of hydrogen-bond donors (Lipinski definition) is 0. The number of likely N-dealkylation sites (tertiary alicyclic amines) is 1. The first kappa shape index (κ1) is 14.8. The van der Waals surface area contributed by atoms with E-state index in [-0.39, 0.29) is 5.97 Å². The number of carbonyl (C=O) groups excluding carboxylic acids is 1. The van der Waals surface area contributed by atoms with Gasteiger partial charge in [-0.25, -0.2) is 4.79 Å². The van der Waals surface area contributed by atoms with Crippen molar-refractivity contribution in [2.45, 2.75) is 32.7 Å². The molecular weight excluding hydrogens is 353 g/mol. The quantitative estimate of drug-likeness (QED) is 0.598. The summed E-state index contributed by atoms with van der Waals surface area (Å²) in [4.78, 5) is 14.3. The molecule has 1 aliphatic rings. The van der Waals surface area contributed by atoms with Crippen molar-refractivity contribution in [2.75, 3.05) is 19.7 Å². The average molecular weight is 373 g/mol. The van der Waals surface area contributed by atoms with Gasteiger partial charge in [0.15, 0.2) is 0 Å². The Labute approximate surface area is 128 Å². The topological polar surface area (TPSA) is 29.5 Å². The average Bonchev–Trinajstić information content (AvgIpc) is 2.42. The van der Waals surface area contributed by atoms with Gasteiger partial charge < -0.3 is 4.74 Å². The lowest BCUT2D eigenvalue weighted by Crippen LogP contribution is -2.29. The summed E-state index contributed by atoms with van der Waals surface area (Å²) in [6, 6.07) is 5.91. The molecule has 1 aromatic rings. The summed E-state index contributed by atoms with van der Waals surface area (Å²) in [7, 11) is 0.